The Bertz CT molecular complexity index is 381. The lowest BCUT2D eigenvalue weighted by molar-refractivity contribution is -0.117. The van der Waals surface area contributed by atoms with Crippen LogP contribution in [0.4, 0.5) is 5.82 Å². The van der Waals surface area contributed by atoms with Crippen molar-refractivity contribution in [3.8, 4) is 5.88 Å². The van der Waals surface area contributed by atoms with Crippen molar-refractivity contribution in [3.63, 3.8) is 0 Å². The van der Waals surface area contributed by atoms with E-state index in [9.17, 15) is 4.79 Å². The van der Waals surface area contributed by atoms with Crippen LogP contribution in [0, 0.1) is 0 Å². The highest BCUT2D eigenvalue weighted by Gasteiger charge is 2.28. The summed E-state index contributed by atoms with van der Waals surface area (Å²) in [4.78, 5) is 17.3. The minimum Gasteiger partial charge on any atom is -0.481 e. The highest BCUT2D eigenvalue weighted by molar-refractivity contribution is 5.95. The normalized spacial score (nSPS) is 20.8. The second kappa shape index (κ2) is 3.86. The van der Waals surface area contributed by atoms with Gasteiger partial charge in [-0.25, -0.2) is 0 Å². The summed E-state index contributed by atoms with van der Waals surface area (Å²) in [5.41, 5.74) is 5.70. The van der Waals surface area contributed by atoms with Gasteiger partial charge in [0.1, 0.15) is 5.82 Å². The number of nitrogens with two attached hydrogens (primary N) is 1. The minimum absolute atomic E-state index is 0.0169. The Kier molecular flexibility index (Phi) is 2.55. The van der Waals surface area contributed by atoms with Crippen LogP contribution in [0.25, 0.3) is 0 Å². The molecule has 0 spiro atoms. The fourth-order valence-corrected chi connectivity index (χ4v) is 1.62. The molecule has 15 heavy (non-hydrogen) atoms. The number of rotatable bonds is 2. The number of aromatic nitrogens is 1. The van der Waals surface area contributed by atoms with Crippen molar-refractivity contribution < 1.29 is 9.53 Å². The summed E-state index contributed by atoms with van der Waals surface area (Å²) in [6.45, 7) is 0.527. The number of hydrogen-bond donors (Lipinski definition) is 1. The first-order valence-electron chi connectivity index (χ1n) is 4.77. The molecule has 1 aromatic rings. The fourth-order valence-electron chi connectivity index (χ4n) is 1.62. The lowest BCUT2D eigenvalue weighted by Gasteiger charge is -2.15. The van der Waals surface area contributed by atoms with Crippen LogP contribution in [0.2, 0.25) is 0 Å². The molecule has 2 heterocycles. The number of carbonyl (C=O) groups excluding carboxylic acids is 1. The zero-order valence-corrected chi connectivity index (χ0v) is 8.51. The van der Waals surface area contributed by atoms with Gasteiger partial charge in [0, 0.05) is 25.1 Å². The number of anilines is 1. The van der Waals surface area contributed by atoms with E-state index in [4.69, 9.17) is 10.5 Å². The summed E-state index contributed by atoms with van der Waals surface area (Å²) < 4.78 is 5.00. The van der Waals surface area contributed by atoms with Gasteiger partial charge in [0.15, 0.2) is 0 Å². The van der Waals surface area contributed by atoms with E-state index in [-0.39, 0.29) is 11.9 Å². The molecule has 0 radical (unpaired) electrons. The predicted molar refractivity (Wildman–Crippen MR) is 55.7 cm³/mol. The predicted octanol–water partition coefficient (Wildman–Crippen LogP) is 0.154. The first kappa shape index (κ1) is 9.92. The lowest BCUT2D eigenvalue weighted by atomic mass is 10.3. The molecule has 0 aliphatic carbocycles. The maximum absolute atomic E-state index is 11.5. The monoisotopic (exact) mass is 207 g/mol. The number of nitrogens with zero attached hydrogens (tertiary/aromatic N) is 2. The fraction of sp³-hybridized carbons (Fsp3) is 0.400. The zero-order valence-electron chi connectivity index (χ0n) is 8.51. The number of carbonyl (C=O) groups is 1. The number of hydrogen-bond acceptors (Lipinski definition) is 4. The van der Waals surface area contributed by atoms with E-state index in [0.717, 1.165) is 0 Å². The molecule has 0 saturated carbocycles. The Labute approximate surface area is 87.8 Å². The van der Waals surface area contributed by atoms with E-state index in [1.165, 1.54) is 0 Å². The van der Waals surface area contributed by atoms with Crippen LogP contribution in [0.15, 0.2) is 18.2 Å². The highest BCUT2D eigenvalue weighted by Crippen LogP contribution is 2.20. The summed E-state index contributed by atoms with van der Waals surface area (Å²) in [6.07, 6.45) is 0.388. The Hall–Kier alpha value is -1.62. The molecule has 1 unspecified atom stereocenters. The Morgan fingerprint density at radius 3 is 3.00 bits per heavy atom. The molecule has 2 rings (SSSR count). The third-order valence-corrected chi connectivity index (χ3v) is 2.35. The topological polar surface area (TPSA) is 68.5 Å². The molecular weight excluding hydrogens is 194 g/mol. The van der Waals surface area contributed by atoms with Crippen molar-refractivity contribution in [3.05, 3.63) is 18.2 Å². The first-order valence-corrected chi connectivity index (χ1v) is 4.77. The molecule has 2 N–H and O–H groups in total. The second-order valence-electron chi connectivity index (χ2n) is 3.51. The summed E-state index contributed by atoms with van der Waals surface area (Å²) in [7, 11) is 1.55. The van der Waals surface area contributed by atoms with Crippen molar-refractivity contribution in [2.75, 3.05) is 18.6 Å². The van der Waals surface area contributed by atoms with Gasteiger partial charge in [0.05, 0.1) is 7.11 Å². The quantitative estimate of drug-likeness (QED) is 0.749. The Morgan fingerprint density at radius 2 is 2.40 bits per heavy atom. The standard InChI is InChI=1S/C10H13N3O2/c1-15-9-4-2-3-8(12-9)13-6-7(11)5-10(13)14/h2-4,7H,5-6,11H2,1H3. The highest BCUT2D eigenvalue weighted by atomic mass is 16.5. The molecule has 1 aliphatic heterocycles. The second-order valence-corrected chi connectivity index (χ2v) is 3.51. The summed E-state index contributed by atoms with van der Waals surface area (Å²) in [6, 6.07) is 5.23. The van der Waals surface area contributed by atoms with Crippen molar-refractivity contribution in [1.29, 1.82) is 0 Å². The third-order valence-electron chi connectivity index (χ3n) is 2.35. The van der Waals surface area contributed by atoms with E-state index in [1.54, 1.807) is 30.2 Å². The molecule has 0 aromatic carbocycles. The summed E-state index contributed by atoms with van der Waals surface area (Å²) in [5, 5.41) is 0. The Morgan fingerprint density at radius 1 is 1.60 bits per heavy atom. The van der Waals surface area contributed by atoms with Gasteiger partial charge in [-0.3, -0.25) is 9.69 Å². The van der Waals surface area contributed by atoms with Gasteiger partial charge < -0.3 is 10.5 Å². The van der Waals surface area contributed by atoms with Crippen molar-refractivity contribution in [2.45, 2.75) is 12.5 Å². The van der Waals surface area contributed by atoms with Crippen LogP contribution in [-0.2, 0) is 4.79 Å². The van der Waals surface area contributed by atoms with Crippen LogP contribution in [-0.4, -0.2) is 30.6 Å². The van der Waals surface area contributed by atoms with E-state index in [1.807, 2.05) is 0 Å². The molecule has 80 valence electrons. The average Bonchev–Trinajstić information content (AvgIpc) is 2.58. The SMILES string of the molecule is COc1cccc(N2CC(N)CC2=O)n1. The molecule has 1 fully saturated rings. The Balaban J connectivity index is 2.25. The average molecular weight is 207 g/mol. The van der Waals surface area contributed by atoms with Crippen LogP contribution in [0.5, 0.6) is 5.88 Å². The van der Waals surface area contributed by atoms with Crippen molar-refractivity contribution in [2.24, 2.45) is 5.73 Å². The van der Waals surface area contributed by atoms with Gasteiger partial charge in [-0.1, -0.05) is 6.07 Å². The molecule has 0 bridgehead atoms. The van der Waals surface area contributed by atoms with E-state index in [2.05, 4.69) is 4.98 Å². The molecule has 1 amide bonds. The minimum atomic E-state index is -0.0921. The maximum Gasteiger partial charge on any atom is 0.229 e. The van der Waals surface area contributed by atoms with Gasteiger partial charge >= 0.3 is 0 Å². The van der Waals surface area contributed by atoms with Crippen LogP contribution >= 0.6 is 0 Å². The van der Waals surface area contributed by atoms with Crippen molar-refractivity contribution >= 4 is 11.7 Å². The van der Waals surface area contributed by atoms with Gasteiger partial charge in [-0.2, -0.15) is 4.98 Å². The van der Waals surface area contributed by atoms with Crippen molar-refractivity contribution in [1.82, 2.24) is 4.98 Å². The van der Waals surface area contributed by atoms with Crippen LogP contribution in [0.3, 0.4) is 0 Å². The van der Waals surface area contributed by atoms with Crippen LogP contribution in [0.1, 0.15) is 6.42 Å². The number of amides is 1. The molecular formula is C10H13N3O2. The lowest BCUT2D eigenvalue weighted by Crippen LogP contribution is -2.28. The van der Waals surface area contributed by atoms with Gasteiger partial charge in [0.25, 0.3) is 0 Å². The third kappa shape index (κ3) is 1.92. The van der Waals surface area contributed by atoms with E-state index in [0.29, 0.717) is 24.7 Å². The molecule has 1 saturated heterocycles. The molecule has 1 aromatic heterocycles. The maximum atomic E-state index is 11.5. The van der Waals surface area contributed by atoms with E-state index < -0.39 is 0 Å². The first-order chi connectivity index (χ1) is 7.20. The van der Waals surface area contributed by atoms with E-state index >= 15 is 0 Å². The largest absolute Gasteiger partial charge is 0.481 e. The molecule has 1 atom stereocenters. The molecule has 1 aliphatic rings. The summed E-state index contributed by atoms with van der Waals surface area (Å²) >= 11 is 0. The van der Waals surface area contributed by atoms with Gasteiger partial charge in [-0.15, -0.1) is 0 Å². The van der Waals surface area contributed by atoms with Gasteiger partial charge in [0.2, 0.25) is 11.8 Å². The van der Waals surface area contributed by atoms with Gasteiger partial charge in [-0.05, 0) is 6.07 Å². The summed E-state index contributed by atoms with van der Waals surface area (Å²) in [5.74, 6) is 1.12. The molecule has 5 heteroatoms. The number of methoxy groups -OCH3 is 1. The van der Waals surface area contributed by atoms with Crippen LogP contribution < -0.4 is 15.4 Å². The number of pyridine rings is 1. The zero-order chi connectivity index (χ0) is 10.8. The number of ether oxygens (including phenoxy) is 1. The smallest absolute Gasteiger partial charge is 0.229 e. The molecule has 5 nitrogen and oxygen atoms in total.